The highest BCUT2D eigenvalue weighted by Gasteiger charge is 2.01. The van der Waals surface area contributed by atoms with Gasteiger partial charge in [0.25, 0.3) is 0 Å². The van der Waals surface area contributed by atoms with Crippen LogP contribution in [0.4, 0.5) is 0 Å². The molecule has 0 aliphatic rings. The van der Waals surface area contributed by atoms with Crippen LogP contribution in [-0.2, 0) is 6.42 Å². The summed E-state index contributed by atoms with van der Waals surface area (Å²) in [6.07, 6.45) is 2.94. The summed E-state index contributed by atoms with van der Waals surface area (Å²) < 4.78 is 0. The number of rotatable bonds is 3. The van der Waals surface area contributed by atoms with Gasteiger partial charge in [0, 0.05) is 6.42 Å². The summed E-state index contributed by atoms with van der Waals surface area (Å²) in [5, 5.41) is 0.335. The Kier molecular flexibility index (Phi) is 3.69. The summed E-state index contributed by atoms with van der Waals surface area (Å²) in [7, 11) is 0. The van der Waals surface area contributed by atoms with Crippen molar-refractivity contribution in [1.82, 2.24) is 15.0 Å². The quantitative estimate of drug-likeness (QED) is 0.762. The van der Waals surface area contributed by atoms with E-state index in [2.05, 4.69) is 21.9 Å². The number of unbranched alkanes of at least 4 members (excludes halogenated alkanes) is 1. The van der Waals surface area contributed by atoms with E-state index in [0.717, 1.165) is 19.3 Å². The van der Waals surface area contributed by atoms with Crippen LogP contribution in [0.2, 0.25) is 10.6 Å². The zero-order chi connectivity index (χ0) is 8.97. The Morgan fingerprint density at radius 3 is 2.17 bits per heavy atom. The van der Waals surface area contributed by atoms with Crippen LogP contribution in [0.5, 0.6) is 0 Å². The van der Waals surface area contributed by atoms with Crippen LogP contribution in [0, 0.1) is 0 Å². The molecule has 0 saturated carbocycles. The van der Waals surface area contributed by atoms with Gasteiger partial charge in [0.2, 0.25) is 10.6 Å². The van der Waals surface area contributed by atoms with E-state index >= 15 is 0 Å². The largest absolute Gasteiger partial charge is 0.226 e. The van der Waals surface area contributed by atoms with Crippen molar-refractivity contribution in [2.75, 3.05) is 0 Å². The number of hydrogen-bond acceptors (Lipinski definition) is 3. The topological polar surface area (TPSA) is 38.7 Å². The van der Waals surface area contributed by atoms with E-state index in [4.69, 9.17) is 23.2 Å². The van der Waals surface area contributed by atoms with E-state index in [-0.39, 0.29) is 10.6 Å². The monoisotopic (exact) mass is 205 g/mol. The zero-order valence-corrected chi connectivity index (χ0v) is 8.23. The molecular weight excluding hydrogens is 197 g/mol. The lowest BCUT2D eigenvalue weighted by Crippen LogP contribution is -1.97. The average molecular weight is 206 g/mol. The highest BCUT2D eigenvalue weighted by molar-refractivity contribution is 6.30. The fraction of sp³-hybridized carbons (Fsp3) is 0.571. The minimum atomic E-state index is 0.168. The van der Waals surface area contributed by atoms with Gasteiger partial charge in [-0.1, -0.05) is 13.3 Å². The Morgan fingerprint density at radius 1 is 1.08 bits per heavy atom. The summed E-state index contributed by atoms with van der Waals surface area (Å²) in [5.74, 6) is 0.668. The van der Waals surface area contributed by atoms with Gasteiger partial charge in [-0.05, 0) is 29.6 Å². The molecular formula is C7H9Cl2N3. The predicted octanol–water partition coefficient (Wildman–Crippen LogP) is 2.52. The maximum absolute atomic E-state index is 5.58. The van der Waals surface area contributed by atoms with Crippen molar-refractivity contribution >= 4 is 23.2 Å². The number of aromatic nitrogens is 3. The van der Waals surface area contributed by atoms with E-state index < -0.39 is 0 Å². The summed E-state index contributed by atoms with van der Waals surface area (Å²) in [6.45, 7) is 2.10. The van der Waals surface area contributed by atoms with Gasteiger partial charge >= 0.3 is 0 Å². The van der Waals surface area contributed by atoms with Crippen molar-refractivity contribution in [2.45, 2.75) is 26.2 Å². The lowest BCUT2D eigenvalue weighted by molar-refractivity contribution is 0.744. The van der Waals surface area contributed by atoms with Crippen LogP contribution in [0.3, 0.4) is 0 Å². The lowest BCUT2D eigenvalue weighted by Gasteiger charge is -1.98. The highest BCUT2D eigenvalue weighted by Crippen LogP contribution is 2.07. The first-order valence-corrected chi connectivity index (χ1v) is 4.54. The van der Waals surface area contributed by atoms with Crippen LogP contribution in [0.15, 0.2) is 0 Å². The first-order valence-electron chi connectivity index (χ1n) is 3.78. The highest BCUT2D eigenvalue weighted by atomic mass is 35.5. The van der Waals surface area contributed by atoms with Crippen molar-refractivity contribution in [3.05, 3.63) is 16.4 Å². The summed E-state index contributed by atoms with van der Waals surface area (Å²) in [6, 6.07) is 0. The Hall–Kier alpha value is -0.410. The minimum Gasteiger partial charge on any atom is -0.203 e. The third kappa shape index (κ3) is 2.91. The van der Waals surface area contributed by atoms with Crippen LogP contribution in [0.25, 0.3) is 0 Å². The molecule has 0 aliphatic carbocycles. The van der Waals surface area contributed by atoms with Crippen LogP contribution in [-0.4, -0.2) is 15.0 Å². The molecule has 0 saturated heterocycles. The van der Waals surface area contributed by atoms with Gasteiger partial charge in [0.05, 0.1) is 0 Å². The van der Waals surface area contributed by atoms with E-state index in [1.54, 1.807) is 0 Å². The number of halogens is 2. The molecule has 0 atom stereocenters. The van der Waals surface area contributed by atoms with Crippen LogP contribution in [0.1, 0.15) is 25.6 Å². The van der Waals surface area contributed by atoms with E-state index in [1.165, 1.54) is 0 Å². The maximum atomic E-state index is 5.58. The molecule has 0 bridgehead atoms. The molecule has 1 aromatic heterocycles. The first kappa shape index (κ1) is 9.68. The molecule has 0 radical (unpaired) electrons. The Bertz CT molecular complexity index is 245. The van der Waals surface area contributed by atoms with E-state index in [1.807, 2.05) is 0 Å². The molecule has 0 N–H and O–H groups in total. The molecule has 1 rings (SSSR count). The Morgan fingerprint density at radius 2 is 1.67 bits per heavy atom. The molecule has 0 amide bonds. The number of nitrogens with zero attached hydrogens (tertiary/aromatic N) is 3. The molecule has 0 aliphatic heterocycles. The van der Waals surface area contributed by atoms with Crippen LogP contribution < -0.4 is 0 Å². The first-order chi connectivity index (χ1) is 5.72. The molecule has 12 heavy (non-hydrogen) atoms. The second-order valence-corrected chi connectivity index (χ2v) is 3.07. The van der Waals surface area contributed by atoms with Gasteiger partial charge in [-0.3, -0.25) is 0 Å². The van der Waals surface area contributed by atoms with Crippen molar-refractivity contribution < 1.29 is 0 Å². The molecule has 1 aromatic rings. The molecule has 0 fully saturated rings. The number of hydrogen-bond donors (Lipinski definition) is 0. The third-order valence-electron chi connectivity index (χ3n) is 1.38. The zero-order valence-electron chi connectivity index (χ0n) is 6.72. The summed E-state index contributed by atoms with van der Waals surface area (Å²) >= 11 is 11.2. The lowest BCUT2D eigenvalue weighted by atomic mass is 10.2. The second kappa shape index (κ2) is 4.58. The van der Waals surface area contributed by atoms with E-state index in [9.17, 15) is 0 Å². The molecule has 5 heteroatoms. The van der Waals surface area contributed by atoms with Gasteiger partial charge in [-0.2, -0.15) is 4.98 Å². The van der Waals surface area contributed by atoms with Gasteiger partial charge in [0.15, 0.2) is 0 Å². The number of aryl methyl sites for hydroxylation is 1. The average Bonchev–Trinajstić information content (AvgIpc) is 1.99. The summed E-state index contributed by atoms with van der Waals surface area (Å²) in [4.78, 5) is 11.5. The summed E-state index contributed by atoms with van der Waals surface area (Å²) in [5.41, 5.74) is 0. The van der Waals surface area contributed by atoms with Gasteiger partial charge in [-0.25, -0.2) is 9.97 Å². The molecule has 66 valence electrons. The maximum Gasteiger partial charge on any atom is 0.226 e. The Balaban J connectivity index is 2.72. The molecule has 3 nitrogen and oxygen atoms in total. The molecule has 0 unspecified atom stereocenters. The second-order valence-electron chi connectivity index (χ2n) is 2.39. The fourth-order valence-corrected chi connectivity index (χ4v) is 1.21. The van der Waals surface area contributed by atoms with Crippen molar-refractivity contribution in [3.8, 4) is 0 Å². The van der Waals surface area contributed by atoms with Crippen molar-refractivity contribution in [1.29, 1.82) is 0 Å². The predicted molar refractivity (Wildman–Crippen MR) is 48.5 cm³/mol. The van der Waals surface area contributed by atoms with Gasteiger partial charge < -0.3 is 0 Å². The minimum absolute atomic E-state index is 0.168. The van der Waals surface area contributed by atoms with Crippen molar-refractivity contribution in [2.24, 2.45) is 0 Å². The SMILES string of the molecule is CCCCc1nc(Cl)nc(Cl)n1. The standard InChI is InChI=1S/C7H9Cl2N3/c1-2-3-4-5-10-6(8)12-7(9)11-5/h2-4H2,1H3. The van der Waals surface area contributed by atoms with Gasteiger partial charge in [0.1, 0.15) is 5.82 Å². The smallest absolute Gasteiger partial charge is 0.203 e. The van der Waals surface area contributed by atoms with Crippen LogP contribution >= 0.6 is 23.2 Å². The molecule has 1 heterocycles. The normalized spacial score (nSPS) is 10.2. The molecule has 0 spiro atoms. The van der Waals surface area contributed by atoms with Crippen molar-refractivity contribution in [3.63, 3.8) is 0 Å². The molecule has 0 aromatic carbocycles. The van der Waals surface area contributed by atoms with Gasteiger partial charge in [-0.15, -0.1) is 0 Å². The fourth-order valence-electron chi connectivity index (χ4n) is 0.811. The third-order valence-corrected chi connectivity index (χ3v) is 1.72. The van der Waals surface area contributed by atoms with E-state index in [0.29, 0.717) is 5.82 Å². The Labute approximate surface area is 81.2 Å².